The summed E-state index contributed by atoms with van der Waals surface area (Å²) in [4.78, 5) is 11.3. The molecule has 0 aliphatic carbocycles. The van der Waals surface area contributed by atoms with Gasteiger partial charge in [0.25, 0.3) is 0 Å². The zero-order valence-corrected chi connectivity index (χ0v) is 12.9. The highest BCUT2D eigenvalue weighted by Crippen LogP contribution is 2.19. The summed E-state index contributed by atoms with van der Waals surface area (Å²) in [6.45, 7) is 3.15. The Hall–Kier alpha value is -1.66. The van der Waals surface area contributed by atoms with E-state index in [1.807, 2.05) is 24.3 Å². The van der Waals surface area contributed by atoms with Gasteiger partial charge in [-0.15, -0.1) is 0 Å². The molecule has 0 spiro atoms. The normalized spacial score (nSPS) is 17.3. The van der Waals surface area contributed by atoms with Crippen LogP contribution in [-0.2, 0) is 9.53 Å². The van der Waals surface area contributed by atoms with Gasteiger partial charge >= 0.3 is 0 Å². The largest absolute Gasteiger partial charge is 0.491 e. The molecule has 1 aliphatic rings. The summed E-state index contributed by atoms with van der Waals surface area (Å²) >= 11 is 5.07. The lowest BCUT2D eigenvalue weighted by Gasteiger charge is -2.13. The molecule has 0 aromatic heterocycles. The lowest BCUT2D eigenvalue weighted by Crippen LogP contribution is -2.33. The summed E-state index contributed by atoms with van der Waals surface area (Å²) in [5.41, 5.74) is 0.779. The van der Waals surface area contributed by atoms with Crippen molar-refractivity contribution >= 4 is 28.9 Å². The van der Waals surface area contributed by atoms with Gasteiger partial charge in [0.05, 0.1) is 6.10 Å². The highest BCUT2D eigenvalue weighted by Gasteiger charge is 2.16. The summed E-state index contributed by atoms with van der Waals surface area (Å²) in [6, 6.07) is 7.47. The van der Waals surface area contributed by atoms with E-state index in [9.17, 15) is 4.79 Å². The predicted octanol–water partition coefficient (Wildman–Crippen LogP) is 2.47. The van der Waals surface area contributed by atoms with E-state index >= 15 is 0 Å². The van der Waals surface area contributed by atoms with E-state index in [0.29, 0.717) is 13.0 Å². The number of ether oxygens (including phenoxy) is 2. The molecule has 21 heavy (non-hydrogen) atoms. The van der Waals surface area contributed by atoms with E-state index in [0.717, 1.165) is 30.9 Å². The van der Waals surface area contributed by atoms with E-state index in [1.54, 1.807) is 6.92 Å². The molecule has 0 saturated carbocycles. The number of amides is 1. The van der Waals surface area contributed by atoms with Gasteiger partial charge in [-0.05, 0) is 37.2 Å². The van der Waals surface area contributed by atoms with E-state index in [4.69, 9.17) is 21.7 Å². The van der Waals surface area contributed by atoms with E-state index < -0.39 is 0 Å². The van der Waals surface area contributed by atoms with Gasteiger partial charge in [-0.2, -0.15) is 0 Å². The molecular formula is C15H20N2O3S. The lowest BCUT2D eigenvalue weighted by atomic mass is 10.2. The first-order chi connectivity index (χ1) is 10.2. The van der Waals surface area contributed by atoms with Crippen molar-refractivity contribution in [2.24, 2.45) is 0 Å². The first kappa shape index (κ1) is 15.7. The quantitative estimate of drug-likeness (QED) is 0.818. The number of anilines is 1. The van der Waals surface area contributed by atoms with E-state index in [-0.39, 0.29) is 17.1 Å². The minimum absolute atomic E-state index is 0.113. The van der Waals surface area contributed by atoms with Crippen molar-refractivity contribution in [3.63, 3.8) is 0 Å². The van der Waals surface area contributed by atoms with Crippen LogP contribution in [0.15, 0.2) is 24.3 Å². The molecule has 1 fully saturated rings. The van der Waals surface area contributed by atoms with Gasteiger partial charge in [0, 0.05) is 24.8 Å². The Morgan fingerprint density at radius 3 is 3.10 bits per heavy atom. The minimum atomic E-state index is -0.113. The SMILES string of the molecule is CCC(=O)NC(=S)Nc1cccc(OCC2CCCO2)c1. The van der Waals surface area contributed by atoms with Crippen LogP contribution in [0.3, 0.4) is 0 Å². The molecule has 114 valence electrons. The number of benzene rings is 1. The molecule has 1 aromatic carbocycles. The van der Waals surface area contributed by atoms with Crippen molar-refractivity contribution < 1.29 is 14.3 Å². The van der Waals surface area contributed by atoms with Crippen LogP contribution >= 0.6 is 12.2 Å². The van der Waals surface area contributed by atoms with Crippen LogP contribution in [0.25, 0.3) is 0 Å². The second-order valence-electron chi connectivity index (χ2n) is 4.83. The average molecular weight is 308 g/mol. The second-order valence-corrected chi connectivity index (χ2v) is 5.24. The third-order valence-electron chi connectivity index (χ3n) is 3.13. The second kappa shape index (κ2) is 7.95. The van der Waals surface area contributed by atoms with E-state index in [2.05, 4.69) is 10.6 Å². The van der Waals surface area contributed by atoms with Gasteiger partial charge in [-0.1, -0.05) is 13.0 Å². The first-order valence-corrected chi connectivity index (χ1v) is 7.53. The van der Waals surface area contributed by atoms with Crippen LogP contribution in [0.2, 0.25) is 0 Å². The van der Waals surface area contributed by atoms with Crippen molar-refractivity contribution in [2.45, 2.75) is 32.3 Å². The molecular weight excluding hydrogens is 288 g/mol. The fourth-order valence-electron chi connectivity index (χ4n) is 2.01. The predicted molar refractivity (Wildman–Crippen MR) is 85.6 cm³/mol. The average Bonchev–Trinajstić information content (AvgIpc) is 2.98. The van der Waals surface area contributed by atoms with Gasteiger partial charge in [-0.25, -0.2) is 0 Å². The summed E-state index contributed by atoms with van der Waals surface area (Å²) in [5.74, 6) is 0.637. The van der Waals surface area contributed by atoms with Crippen molar-refractivity contribution in [3.05, 3.63) is 24.3 Å². The molecule has 0 radical (unpaired) electrons. The third kappa shape index (κ3) is 5.32. The number of thiocarbonyl (C=S) groups is 1. The molecule has 1 saturated heterocycles. The first-order valence-electron chi connectivity index (χ1n) is 7.12. The molecule has 1 aliphatic heterocycles. The molecule has 1 atom stereocenters. The maximum Gasteiger partial charge on any atom is 0.225 e. The van der Waals surface area contributed by atoms with Crippen molar-refractivity contribution in [3.8, 4) is 5.75 Å². The molecule has 6 heteroatoms. The summed E-state index contributed by atoms with van der Waals surface area (Å²) in [6.07, 6.45) is 2.73. The number of carbonyl (C=O) groups is 1. The molecule has 5 nitrogen and oxygen atoms in total. The van der Waals surface area contributed by atoms with Gasteiger partial charge in [0.15, 0.2) is 5.11 Å². The Bertz CT molecular complexity index is 501. The minimum Gasteiger partial charge on any atom is -0.491 e. The number of rotatable bonds is 5. The molecule has 1 amide bonds. The Labute approximate surface area is 130 Å². The van der Waals surface area contributed by atoms with Crippen molar-refractivity contribution in [2.75, 3.05) is 18.5 Å². The van der Waals surface area contributed by atoms with Crippen LogP contribution in [0.1, 0.15) is 26.2 Å². The Kier molecular flexibility index (Phi) is 5.95. The standard InChI is InChI=1S/C15H20N2O3S/c1-2-14(18)17-15(21)16-11-5-3-6-12(9-11)20-10-13-7-4-8-19-13/h3,5-6,9,13H,2,4,7-8,10H2,1H3,(H2,16,17,18,21). The van der Waals surface area contributed by atoms with Crippen LogP contribution in [-0.4, -0.2) is 30.3 Å². The molecule has 2 rings (SSSR count). The highest BCUT2D eigenvalue weighted by atomic mass is 32.1. The van der Waals surface area contributed by atoms with Gasteiger partial charge in [0.1, 0.15) is 12.4 Å². The van der Waals surface area contributed by atoms with Crippen molar-refractivity contribution in [1.82, 2.24) is 5.32 Å². The zero-order chi connectivity index (χ0) is 15.1. The maximum absolute atomic E-state index is 11.3. The Balaban J connectivity index is 1.84. The monoisotopic (exact) mass is 308 g/mol. The Morgan fingerprint density at radius 2 is 2.38 bits per heavy atom. The summed E-state index contributed by atoms with van der Waals surface area (Å²) in [5, 5.41) is 5.85. The zero-order valence-electron chi connectivity index (χ0n) is 12.1. The number of carbonyl (C=O) groups excluding carboxylic acids is 1. The fourth-order valence-corrected chi connectivity index (χ4v) is 2.24. The Morgan fingerprint density at radius 1 is 1.52 bits per heavy atom. The molecule has 2 N–H and O–H groups in total. The van der Waals surface area contributed by atoms with Crippen molar-refractivity contribution in [1.29, 1.82) is 0 Å². The topological polar surface area (TPSA) is 59.6 Å². The van der Waals surface area contributed by atoms with Crippen LogP contribution < -0.4 is 15.4 Å². The lowest BCUT2D eigenvalue weighted by molar-refractivity contribution is -0.119. The van der Waals surface area contributed by atoms with Gasteiger partial charge < -0.3 is 20.1 Å². The van der Waals surface area contributed by atoms with Gasteiger partial charge in [0.2, 0.25) is 5.91 Å². The summed E-state index contributed by atoms with van der Waals surface area (Å²) in [7, 11) is 0. The molecule has 1 aromatic rings. The third-order valence-corrected chi connectivity index (χ3v) is 3.33. The van der Waals surface area contributed by atoms with Crippen LogP contribution in [0.5, 0.6) is 5.75 Å². The van der Waals surface area contributed by atoms with Crippen LogP contribution in [0.4, 0.5) is 5.69 Å². The smallest absolute Gasteiger partial charge is 0.225 e. The summed E-state index contributed by atoms with van der Waals surface area (Å²) < 4.78 is 11.2. The number of hydrogen-bond acceptors (Lipinski definition) is 4. The number of hydrogen-bond donors (Lipinski definition) is 2. The van der Waals surface area contributed by atoms with Gasteiger partial charge in [-0.3, -0.25) is 4.79 Å². The molecule has 1 heterocycles. The fraction of sp³-hybridized carbons (Fsp3) is 0.467. The highest BCUT2D eigenvalue weighted by molar-refractivity contribution is 7.80. The molecule has 0 bridgehead atoms. The number of nitrogens with one attached hydrogen (secondary N) is 2. The van der Waals surface area contributed by atoms with Crippen LogP contribution in [0, 0.1) is 0 Å². The molecule has 1 unspecified atom stereocenters. The maximum atomic E-state index is 11.3. The van der Waals surface area contributed by atoms with E-state index in [1.165, 1.54) is 0 Å².